The topological polar surface area (TPSA) is 40.5 Å². The van der Waals surface area contributed by atoms with E-state index in [2.05, 4.69) is 66.3 Å². The smallest absolute Gasteiger partial charge is 0.0753 e. The van der Waals surface area contributed by atoms with Crippen LogP contribution in [0.2, 0.25) is 0 Å². The molecule has 182 valence electrons. The lowest BCUT2D eigenvalue weighted by atomic mass is 9.60. The van der Waals surface area contributed by atoms with Crippen molar-refractivity contribution in [1.29, 1.82) is 0 Å². The van der Waals surface area contributed by atoms with Crippen LogP contribution in [0, 0.1) is 46.3 Å². The minimum Gasteiger partial charge on any atom is -0.396 e. The number of aliphatic hydroxyl groups excluding tert-OH is 2. The Morgan fingerprint density at radius 3 is 2.38 bits per heavy atom. The van der Waals surface area contributed by atoms with Crippen LogP contribution in [0.3, 0.4) is 0 Å². The predicted molar refractivity (Wildman–Crippen MR) is 136 cm³/mol. The van der Waals surface area contributed by atoms with Gasteiger partial charge in [-0.3, -0.25) is 0 Å². The number of aliphatic hydroxyl groups is 2. The molecular weight excluding hydrogens is 392 g/mol. The van der Waals surface area contributed by atoms with Crippen molar-refractivity contribution in [2.24, 2.45) is 46.3 Å². The van der Waals surface area contributed by atoms with Gasteiger partial charge >= 0.3 is 0 Å². The van der Waals surface area contributed by atoms with Crippen molar-refractivity contribution in [2.75, 3.05) is 6.61 Å². The van der Waals surface area contributed by atoms with Crippen LogP contribution in [-0.4, -0.2) is 22.9 Å². The molecule has 0 radical (unpaired) electrons. The summed E-state index contributed by atoms with van der Waals surface area (Å²) in [5.74, 6) is 3.41. The zero-order chi connectivity index (χ0) is 23.7. The standard InChI is InChI=1S/C30H50O2/c1-8-30(17-15-28(32)23(30)6)25(19-31)18-24-10-9-16-29(7)26(13-14-27(24)29)22(5)12-11-21(4)20(2)3/h11-12,18,20-22,25-28,31-32H,6,8-10,13-17,19H2,1-5,7H3/b12-11+,24-18+/t21-,22+,25?,26?,27-,28-,29+,30?/m0/s1. The monoisotopic (exact) mass is 442 g/mol. The van der Waals surface area contributed by atoms with Crippen LogP contribution < -0.4 is 0 Å². The van der Waals surface area contributed by atoms with E-state index in [-0.39, 0.29) is 17.9 Å². The van der Waals surface area contributed by atoms with Crippen LogP contribution in [0.4, 0.5) is 0 Å². The third-order valence-electron chi connectivity index (χ3n) is 10.3. The summed E-state index contributed by atoms with van der Waals surface area (Å²) in [4.78, 5) is 0. The molecule has 3 unspecified atom stereocenters. The molecule has 2 nitrogen and oxygen atoms in total. The molecule has 0 saturated heterocycles. The van der Waals surface area contributed by atoms with Crippen LogP contribution in [0.1, 0.15) is 92.9 Å². The Morgan fingerprint density at radius 2 is 1.81 bits per heavy atom. The summed E-state index contributed by atoms with van der Waals surface area (Å²) < 4.78 is 0. The summed E-state index contributed by atoms with van der Waals surface area (Å²) in [5, 5.41) is 20.9. The van der Waals surface area contributed by atoms with E-state index in [0.29, 0.717) is 29.1 Å². The molecule has 2 N–H and O–H groups in total. The molecule has 32 heavy (non-hydrogen) atoms. The first-order valence-electron chi connectivity index (χ1n) is 13.5. The summed E-state index contributed by atoms with van der Waals surface area (Å²) in [6, 6.07) is 0. The van der Waals surface area contributed by atoms with Gasteiger partial charge in [0.1, 0.15) is 0 Å². The molecule has 3 fully saturated rings. The second kappa shape index (κ2) is 10.2. The molecule has 2 heteroatoms. The summed E-state index contributed by atoms with van der Waals surface area (Å²) in [6.07, 6.45) is 16.0. The van der Waals surface area contributed by atoms with E-state index >= 15 is 0 Å². The largest absolute Gasteiger partial charge is 0.396 e. The summed E-state index contributed by atoms with van der Waals surface area (Å²) in [6.45, 7) is 18.6. The lowest BCUT2D eigenvalue weighted by molar-refractivity contribution is 0.107. The fourth-order valence-corrected chi connectivity index (χ4v) is 7.65. The SMILES string of the molecule is C=C1[C@@H](O)CCC1(CC)C(/C=C1\CCC[C@]2(C)C([C@H](C)/C=C/[C@H](C)C(C)C)CC[C@@H]12)CO. The van der Waals surface area contributed by atoms with Crippen molar-refractivity contribution in [3.05, 3.63) is 36.0 Å². The fraction of sp³-hybridized carbons (Fsp3) is 0.800. The van der Waals surface area contributed by atoms with Crippen LogP contribution in [0.5, 0.6) is 0 Å². The molecule has 3 saturated carbocycles. The van der Waals surface area contributed by atoms with E-state index in [4.69, 9.17) is 0 Å². The number of hydrogen-bond donors (Lipinski definition) is 2. The second-order valence-corrected chi connectivity index (χ2v) is 12.1. The van der Waals surface area contributed by atoms with Gasteiger partial charge in [-0.1, -0.05) is 71.9 Å². The first-order chi connectivity index (χ1) is 15.1. The highest BCUT2D eigenvalue weighted by Crippen LogP contribution is 2.60. The summed E-state index contributed by atoms with van der Waals surface area (Å²) in [5.41, 5.74) is 2.77. The van der Waals surface area contributed by atoms with E-state index in [9.17, 15) is 10.2 Å². The second-order valence-electron chi connectivity index (χ2n) is 12.1. The van der Waals surface area contributed by atoms with Gasteiger partial charge in [0.25, 0.3) is 0 Å². The minimum absolute atomic E-state index is 0.0813. The number of fused-ring (bicyclic) bond motifs is 1. The lowest BCUT2D eigenvalue weighted by Crippen LogP contribution is -2.37. The Labute approximate surface area is 198 Å². The van der Waals surface area contributed by atoms with Gasteiger partial charge in [-0.15, -0.1) is 0 Å². The van der Waals surface area contributed by atoms with Gasteiger partial charge in [0, 0.05) is 11.3 Å². The summed E-state index contributed by atoms with van der Waals surface area (Å²) >= 11 is 0. The van der Waals surface area contributed by atoms with Crippen molar-refractivity contribution in [2.45, 2.75) is 99.0 Å². The van der Waals surface area contributed by atoms with E-state index < -0.39 is 6.10 Å². The van der Waals surface area contributed by atoms with E-state index in [0.717, 1.165) is 30.8 Å². The van der Waals surface area contributed by atoms with Crippen molar-refractivity contribution >= 4 is 0 Å². The van der Waals surface area contributed by atoms with Crippen LogP contribution >= 0.6 is 0 Å². The normalized spacial score (nSPS) is 39.7. The van der Waals surface area contributed by atoms with Gasteiger partial charge in [-0.05, 0) is 91.9 Å². The minimum atomic E-state index is -0.407. The zero-order valence-electron chi connectivity index (χ0n) is 21.7. The molecule has 3 rings (SSSR count). The molecule has 0 bridgehead atoms. The van der Waals surface area contributed by atoms with Gasteiger partial charge in [0.2, 0.25) is 0 Å². The van der Waals surface area contributed by atoms with Gasteiger partial charge in [-0.25, -0.2) is 0 Å². The predicted octanol–water partition coefficient (Wildman–Crippen LogP) is 7.33. The van der Waals surface area contributed by atoms with Crippen molar-refractivity contribution in [3.8, 4) is 0 Å². The average Bonchev–Trinajstić information content (AvgIpc) is 3.27. The number of hydrogen-bond acceptors (Lipinski definition) is 2. The molecule has 0 amide bonds. The van der Waals surface area contributed by atoms with Crippen molar-refractivity contribution < 1.29 is 10.2 Å². The van der Waals surface area contributed by atoms with Gasteiger partial charge in [0.05, 0.1) is 12.7 Å². The highest BCUT2D eigenvalue weighted by Gasteiger charge is 2.51. The van der Waals surface area contributed by atoms with Gasteiger partial charge in [0.15, 0.2) is 0 Å². The quantitative estimate of drug-likeness (QED) is 0.386. The van der Waals surface area contributed by atoms with Crippen molar-refractivity contribution in [3.63, 3.8) is 0 Å². The maximum atomic E-state index is 10.5. The molecular formula is C30H50O2. The van der Waals surface area contributed by atoms with Crippen LogP contribution in [-0.2, 0) is 0 Å². The highest BCUT2D eigenvalue weighted by atomic mass is 16.3. The van der Waals surface area contributed by atoms with Crippen LogP contribution in [0.25, 0.3) is 0 Å². The molecule has 3 aliphatic carbocycles. The molecule has 3 aliphatic rings. The number of allylic oxidation sites excluding steroid dienone is 3. The molecule has 0 aromatic rings. The van der Waals surface area contributed by atoms with E-state index in [1.807, 2.05) is 0 Å². The number of rotatable bonds is 8. The third kappa shape index (κ3) is 4.56. The maximum absolute atomic E-state index is 10.5. The third-order valence-corrected chi connectivity index (χ3v) is 10.3. The van der Waals surface area contributed by atoms with Gasteiger partial charge < -0.3 is 10.2 Å². The molecule has 8 atom stereocenters. The highest BCUT2D eigenvalue weighted by molar-refractivity contribution is 5.28. The lowest BCUT2D eigenvalue weighted by Gasteiger charge is -2.45. The maximum Gasteiger partial charge on any atom is 0.0753 e. The molecule has 0 aliphatic heterocycles. The zero-order valence-corrected chi connectivity index (χ0v) is 21.7. The molecule has 0 aromatic carbocycles. The Morgan fingerprint density at radius 1 is 1.09 bits per heavy atom. The Hall–Kier alpha value is -0.860. The average molecular weight is 443 g/mol. The van der Waals surface area contributed by atoms with Crippen molar-refractivity contribution in [1.82, 2.24) is 0 Å². The van der Waals surface area contributed by atoms with E-state index in [1.165, 1.54) is 32.1 Å². The fourth-order valence-electron chi connectivity index (χ4n) is 7.65. The molecule has 0 aromatic heterocycles. The molecule has 0 spiro atoms. The van der Waals surface area contributed by atoms with E-state index in [1.54, 1.807) is 5.57 Å². The Balaban J connectivity index is 1.83. The Kier molecular flexibility index (Phi) is 8.19. The summed E-state index contributed by atoms with van der Waals surface area (Å²) in [7, 11) is 0. The van der Waals surface area contributed by atoms with Gasteiger partial charge in [-0.2, -0.15) is 0 Å². The van der Waals surface area contributed by atoms with Crippen LogP contribution in [0.15, 0.2) is 36.0 Å². The first-order valence-corrected chi connectivity index (χ1v) is 13.5. The first kappa shape index (κ1) is 25.8. The Bertz CT molecular complexity index is 718. The molecule has 0 heterocycles.